The summed E-state index contributed by atoms with van der Waals surface area (Å²) < 4.78 is 2.07. The second-order valence-corrected chi connectivity index (χ2v) is 6.45. The van der Waals surface area contributed by atoms with Gasteiger partial charge in [0.1, 0.15) is 5.75 Å². The molecule has 4 nitrogen and oxygen atoms in total. The second-order valence-electron chi connectivity index (χ2n) is 5.67. The molecule has 0 radical (unpaired) electrons. The molecule has 0 fully saturated rings. The van der Waals surface area contributed by atoms with E-state index in [1.807, 2.05) is 42.0 Å². The highest BCUT2D eigenvalue weighted by Crippen LogP contribution is 2.24. The number of hydrogen-bond donors (Lipinski definition) is 2. The number of carbonyl (C=O) groups is 1. The molecule has 0 saturated heterocycles. The van der Waals surface area contributed by atoms with Gasteiger partial charge in [-0.05, 0) is 58.6 Å². The number of hydrogen-bond acceptors (Lipinski definition) is 3. The topological polar surface area (TPSA) is 54.3 Å². The van der Waals surface area contributed by atoms with Gasteiger partial charge in [0.15, 0.2) is 0 Å². The standard InChI is InChI=1S/C19H20N2O2S/c22-17-5-3-15(4-6-17)7-9-20-19(23)13-18(16-8-12-24-14-16)21-10-1-2-11-21/h1-6,8,10-12,14,18,22H,7,9,13H2,(H,20,23)/t18-/m0/s1. The molecular formula is C19H20N2O2S. The molecule has 2 aromatic heterocycles. The van der Waals surface area contributed by atoms with Gasteiger partial charge in [-0.1, -0.05) is 12.1 Å². The normalized spacial score (nSPS) is 12.0. The first-order chi connectivity index (χ1) is 11.7. The molecule has 1 amide bonds. The third-order valence-electron chi connectivity index (χ3n) is 3.97. The highest BCUT2D eigenvalue weighted by atomic mass is 32.1. The summed E-state index contributed by atoms with van der Waals surface area (Å²) in [4.78, 5) is 12.3. The smallest absolute Gasteiger partial charge is 0.222 e. The highest BCUT2D eigenvalue weighted by Gasteiger charge is 2.17. The Bertz CT molecular complexity index is 715. The largest absolute Gasteiger partial charge is 0.508 e. The van der Waals surface area contributed by atoms with Gasteiger partial charge in [0.2, 0.25) is 5.91 Å². The number of amides is 1. The van der Waals surface area contributed by atoms with E-state index in [4.69, 9.17) is 0 Å². The van der Waals surface area contributed by atoms with E-state index in [-0.39, 0.29) is 17.7 Å². The minimum absolute atomic E-state index is 0.0277. The number of nitrogens with zero attached hydrogens (tertiary/aromatic N) is 1. The zero-order valence-electron chi connectivity index (χ0n) is 13.3. The monoisotopic (exact) mass is 340 g/mol. The Morgan fingerprint density at radius 2 is 1.92 bits per heavy atom. The predicted octanol–water partition coefficient (Wildman–Crippen LogP) is 3.59. The molecule has 24 heavy (non-hydrogen) atoms. The first-order valence-corrected chi connectivity index (χ1v) is 8.86. The van der Waals surface area contributed by atoms with Gasteiger partial charge in [-0.3, -0.25) is 4.79 Å². The van der Waals surface area contributed by atoms with Crippen LogP contribution in [-0.2, 0) is 11.2 Å². The number of aromatic hydroxyl groups is 1. The minimum Gasteiger partial charge on any atom is -0.508 e. The third-order valence-corrected chi connectivity index (χ3v) is 4.67. The molecule has 0 bridgehead atoms. The van der Waals surface area contributed by atoms with Gasteiger partial charge >= 0.3 is 0 Å². The molecule has 3 rings (SSSR count). The van der Waals surface area contributed by atoms with Crippen molar-refractivity contribution in [2.24, 2.45) is 0 Å². The Morgan fingerprint density at radius 1 is 1.17 bits per heavy atom. The molecule has 0 unspecified atom stereocenters. The first kappa shape index (κ1) is 16.3. The van der Waals surface area contributed by atoms with Crippen LogP contribution < -0.4 is 5.32 Å². The van der Waals surface area contributed by atoms with Crippen LogP contribution in [0.5, 0.6) is 5.75 Å². The number of rotatable bonds is 7. The molecule has 0 spiro atoms. The lowest BCUT2D eigenvalue weighted by Gasteiger charge is -2.18. The Hall–Kier alpha value is -2.53. The van der Waals surface area contributed by atoms with Gasteiger partial charge in [-0.15, -0.1) is 0 Å². The second kappa shape index (κ2) is 7.84. The Balaban J connectivity index is 1.55. The minimum atomic E-state index is 0.0277. The van der Waals surface area contributed by atoms with Crippen molar-refractivity contribution in [3.63, 3.8) is 0 Å². The maximum atomic E-state index is 12.3. The van der Waals surface area contributed by atoms with Gasteiger partial charge in [-0.2, -0.15) is 11.3 Å². The number of carbonyl (C=O) groups excluding carboxylic acids is 1. The van der Waals surface area contributed by atoms with Gasteiger partial charge in [0.25, 0.3) is 0 Å². The molecule has 124 valence electrons. The average Bonchev–Trinajstić information content (AvgIpc) is 3.28. The van der Waals surface area contributed by atoms with Crippen molar-refractivity contribution in [3.8, 4) is 5.75 Å². The number of thiophene rings is 1. The van der Waals surface area contributed by atoms with E-state index in [0.29, 0.717) is 13.0 Å². The van der Waals surface area contributed by atoms with Crippen LogP contribution in [-0.4, -0.2) is 22.1 Å². The molecule has 1 atom stereocenters. The quantitative estimate of drug-likeness (QED) is 0.690. The van der Waals surface area contributed by atoms with Crippen molar-refractivity contribution in [2.45, 2.75) is 18.9 Å². The van der Waals surface area contributed by atoms with Crippen LogP contribution in [0.1, 0.15) is 23.6 Å². The Kier molecular flexibility index (Phi) is 5.33. The summed E-state index contributed by atoms with van der Waals surface area (Å²) >= 11 is 1.64. The SMILES string of the molecule is O=C(C[C@@H](c1ccsc1)n1cccc1)NCCc1ccc(O)cc1. The van der Waals surface area contributed by atoms with E-state index >= 15 is 0 Å². The zero-order chi connectivity index (χ0) is 16.8. The summed E-state index contributed by atoms with van der Waals surface area (Å²) in [5.74, 6) is 0.298. The van der Waals surface area contributed by atoms with E-state index in [1.54, 1.807) is 23.5 Å². The van der Waals surface area contributed by atoms with E-state index in [0.717, 1.165) is 17.5 Å². The van der Waals surface area contributed by atoms with Crippen molar-refractivity contribution < 1.29 is 9.90 Å². The lowest BCUT2D eigenvalue weighted by Crippen LogP contribution is -2.28. The molecule has 0 saturated carbocycles. The van der Waals surface area contributed by atoms with Crippen molar-refractivity contribution >= 4 is 17.2 Å². The van der Waals surface area contributed by atoms with Crippen molar-refractivity contribution in [2.75, 3.05) is 6.54 Å². The number of phenolic OH excluding ortho intramolecular Hbond substituents is 1. The lowest BCUT2D eigenvalue weighted by atomic mass is 10.1. The van der Waals surface area contributed by atoms with Crippen LogP contribution in [0.15, 0.2) is 65.6 Å². The predicted molar refractivity (Wildman–Crippen MR) is 96.3 cm³/mol. The summed E-state index contributed by atoms with van der Waals surface area (Å²) in [5, 5.41) is 16.4. The maximum Gasteiger partial charge on any atom is 0.222 e. The number of aromatic nitrogens is 1. The van der Waals surface area contributed by atoms with E-state index in [9.17, 15) is 9.90 Å². The van der Waals surface area contributed by atoms with Gasteiger partial charge < -0.3 is 15.0 Å². The van der Waals surface area contributed by atoms with Gasteiger partial charge in [-0.25, -0.2) is 0 Å². The average molecular weight is 340 g/mol. The zero-order valence-corrected chi connectivity index (χ0v) is 14.1. The number of benzene rings is 1. The summed E-state index contributed by atoms with van der Waals surface area (Å²) in [7, 11) is 0. The molecule has 0 aliphatic rings. The van der Waals surface area contributed by atoms with Crippen LogP contribution in [0.3, 0.4) is 0 Å². The summed E-state index contributed by atoms with van der Waals surface area (Å²) in [6, 6.07) is 13.1. The molecule has 2 heterocycles. The molecule has 2 N–H and O–H groups in total. The van der Waals surface area contributed by atoms with E-state index < -0.39 is 0 Å². The lowest BCUT2D eigenvalue weighted by molar-refractivity contribution is -0.121. The Labute approximate surface area is 145 Å². The van der Waals surface area contributed by atoms with Gasteiger partial charge in [0.05, 0.1) is 12.5 Å². The van der Waals surface area contributed by atoms with E-state index in [1.165, 1.54) is 0 Å². The molecular weight excluding hydrogens is 320 g/mol. The third kappa shape index (κ3) is 4.26. The number of nitrogens with one attached hydrogen (secondary N) is 1. The molecule has 1 aromatic carbocycles. The van der Waals surface area contributed by atoms with Gasteiger partial charge in [0, 0.05) is 18.9 Å². The van der Waals surface area contributed by atoms with Crippen LogP contribution in [0, 0.1) is 0 Å². The fraction of sp³-hybridized carbons (Fsp3) is 0.211. The fourth-order valence-electron chi connectivity index (χ4n) is 2.67. The summed E-state index contributed by atoms with van der Waals surface area (Å²) in [6.07, 6.45) is 5.15. The summed E-state index contributed by atoms with van der Waals surface area (Å²) in [6.45, 7) is 0.589. The molecule has 5 heteroatoms. The van der Waals surface area contributed by atoms with Crippen LogP contribution >= 0.6 is 11.3 Å². The van der Waals surface area contributed by atoms with Crippen LogP contribution in [0.4, 0.5) is 0 Å². The maximum absolute atomic E-state index is 12.3. The molecule has 0 aliphatic heterocycles. The van der Waals surface area contributed by atoms with E-state index in [2.05, 4.69) is 21.3 Å². The summed E-state index contributed by atoms with van der Waals surface area (Å²) in [5.41, 5.74) is 2.25. The molecule has 3 aromatic rings. The van der Waals surface area contributed by atoms with Crippen LogP contribution in [0.2, 0.25) is 0 Å². The Morgan fingerprint density at radius 3 is 2.58 bits per heavy atom. The van der Waals surface area contributed by atoms with Crippen molar-refractivity contribution in [3.05, 3.63) is 76.7 Å². The van der Waals surface area contributed by atoms with Crippen LogP contribution in [0.25, 0.3) is 0 Å². The fourth-order valence-corrected chi connectivity index (χ4v) is 3.38. The number of phenols is 1. The van der Waals surface area contributed by atoms with Crippen molar-refractivity contribution in [1.82, 2.24) is 9.88 Å². The molecule has 0 aliphatic carbocycles. The van der Waals surface area contributed by atoms with Crippen molar-refractivity contribution in [1.29, 1.82) is 0 Å². The first-order valence-electron chi connectivity index (χ1n) is 7.91. The highest BCUT2D eigenvalue weighted by molar-refractivity contribution is 7.08.